The zero-order valence-electron chi connectivity index (χ0n) is 9.97. The Morgan fingerprint density at radius 1 is 1.06 bits per heavy atom. The highest BCUT2D eigenvalue weighted by atomic mass is 32.1. The molecule has 0 saturated heterocycles. The van der Waals surface area contributed by atoms with Gasteiger partial charge in [-0.2, -0.15) is 0 Å². The highest BCUT2D eigenvalue weighted by Crippen LogP contribution is 2.11. The van der Waals surface area contributed by atoms with Crippen LogP contribution in [0, 0.1) is 0 Å². The second-order valence-corrected chi connectivity index (χ2v) is 4.45. The van der Waals surface area contributed by atoms with Crippen molar-refractivity contribution in [1.82, 2.24) is 5.32 Å². The average molecular weight is 257 g/mol. The highest BCUT2D eigenvalue weighted by molar-refractivity contribution is 7.80. The van der Waals surface area contributed by atoms with Crippen LogP contribution in [-0.2, 0) is 6.42 Å². The van der Waals surface area contributed by atoms with Crippen molar-refractivity contribution in [2.24, 2.45) is 0 Å². The molecule has 3 heteroatoms. The Kier molecular flexibility index (Phi) is 4.31. The molecule has 0 aliphatic carbocycles. The maximum atomic E-state index is 9.38. The van der Waals surface area contributed by atoms with E-state index in [9.17, 15) is 5.11 Å². The number of phenolic OH excluding ortho intramolecular Hbond substituents is 1. The predicted octanol–water partition coefficient (Wildman–Crippen LogP) is 2.90. The van der Waals surface area contributed by atoms with Crippen molar-refractivity contribution in [3.63, 3.8) is 0 Å². The van der Waals surface area contributed by atoms with Crippen molar-refractivity contribution >= 4 is 17.2 Å². The van der Waals surface area contributed by atoms with Crippen LogP contribution in [0.25, 0.3) is 0 Å². The highest BCUT2D eigenvalue weighted by Gasteiger charge is 2.01. The molecule has 0 radical (unpaired) electrons. The van der Waals surface area contributed by atoms with Crippen LogP contribution in [0.15, 0.2) is 54.6 Å². The number of benzene rings is 2. The second-order valence-electron chi connectivity index (χ2n) is 4.04. The molecule has 2 rings (SSSR count). The van der Waals surface area contributed by atoms with E-state index in [-0.39, 0.29) is 5.75 Å². The molecule has 2 nitrogen and oxygen atoms in total. The Morgan fingerprint density at radius 3 is 2.56 bits per heavy atom. The minimum Gasteiger partial charge on any atom is -0.508 e. The summed E-state index contributed by atoms with van der Waals surface area (Å²) >= 11 is 5.27. The fourth-order valence-corrected chi connectivity index (χ4v) is 1.94. The lowest BCUT2D eigenvalue weighted by Crippen LogP contribution is -2.24. The maximum Gasteiger partial charge on any atom is 0.116 e. The van der Waals surface area contributed by atoms with Crippen molar-refractivity contribution in [3.8, 4) is 5.75 Å². The zero-order chi connectivity index (χ0) is 12.8. The van der Waals surface area contributed by atoms with Gasteiger partial charge in [-0.15, -0.1) is 0 Å². The Balaban J connectivity index is 1.86. The Hall–Kier alpha value is -1.87. The van der Waals surface area contributed by atoms with E-state index in [0.717, 1.165) is 18.5 Å². The molecule has 0 aliphatic rings. The third kappa shape index (κ3) is 3.57. The van der Waals surface area contributed by atoms with Gasteiger partial charge in [-0.1, -0.05) is 54.7 Å². The first kappa shape index (κ1) is 12.6. The van der Waals surface area contributed by atoms with Crippen LogP contribution in [0.2, 0.25) is 0 Å². The molecule has 0 saturated carbocycles. The molecule has 0 atom stereocenters. The van der Waals surface area contributed by atoms with Crippen molar-refractivity contribution in [2.45, 2.75) is 6.42 Å². The van der Waals surface area contributed by atoms with E-state index in [1.807, 2.05) is 24.3 Å². The number of thiocarbonyl (C=S) groups is 1. The monoisotopic (exact) mass is 257 g/mol. The summed E-state index contributed by atoms with van der Waals surface area (Å²) in [7, 11) is 0. The number of rotatable bonds is 4. The molecule has 0 bridgehead atoms. The van der Waals surface area contributed by atoms with Gasteiger partial charge >= 0.3 is 0 Å². The van der Waals surface area contributed by atoms with Gasteiger partial charge in [0, 0.05) is 12.1 Å². The summed E-state index contributed by atoms with van der Waals surface area (Å²) in [5, 5.41) is 12.6. The van der Waals surface area contributed by atoms with E-state index in [2.05, 4.69) is 17.4 Å². The Morgan fingerprint density at radius 2 is 1.83 bits per heavy atom. The van der Waals surface area contributed by atoms with E-state index < -0.39 is 0 Å². The first-order valence-corrected chi connectivity index (χ1v) is 6.28. The average Bonchev–Trinajstić information content (AvgIpc) is 2.40. The molecule has 0 amide bonds. The van der Waals surface area contributed by atoms with Crippen molar-refractivity contribution in [3.05, 3.63) is 65.7 Å². The fraction of sp³-hybridized carbons (Fsp3) is 0.133. The van der Waals surface area contributed by atoms with Crippen LogP contribution in [0.1, 0.15) is 11.1 Å². The SMILES string of the molecule is Oc1cccc(C(=S)NCCc2ccccc2)c1. The predicted molar refractivity (Wildman–Crippen MR) is 78.0 cm³/mol. The lowest BCUT2D eigenvalue weighted by Gasteiger charge is -2.08. The third-order valence-electron chi connectivity index (χ3n) is 2.65. The standard InChI is InChI=1S/C15H15NOS/c17-14-8-4-7-13(11-14)15(18)16-10-9-12-5-2-1-3-6-12/h1-8,11,17H,9-10H2,(H,16,18). The molecule has 2 aromatic carbocycles. The van der Waals surface area contributed by atoms with Gasteiger partial charge in [-0.3, -0.25) is 0 Å². The molecule has 0 heterocycles. The van der Waals surface area contributed by atoms with E-state index in [1.165, 1.54) is 5.56 Å². The fourth-order valence-electron chi connectivity index (χ4n) is 1.71. The summed E-state index contributed by atoms with van der Waals surface area (Å²) < 4.78 is 0. The number of hydrogen-bond acceptors (Lipinski definition) is 2. The molecule has 0 fully saturated rings. The largest absolute Gasteiger partial charge is 0.508 e. The van der Waals surface area contributed by atoms with Gasteiger partial charge < -0.3 is 10.4 Å². The Bertz CT molecular complexity index is 525. The van der Waals surface area contributed by atoms with Crippen LogP contribution < -0.4 is 5.32 Å². The minimum absolute atomic E-state index is 0.236. The summed E-state index contributed by atoms with van der Waals surface area (Å²) in [6, 6.07) is 17.2. The lowest BCUT2D eigenvalue weighted by molar-refractivity contribution is 0.475. The van der Waals surface area contributed by atoms with Gasteiger partial charge in [0.15, 0.2) is 0 Å². The second kappa shape index (κ2) is 6.17. The molecule has 18 heavy (non-hydrogen) atoms. The van der Waals surface area contributed by atoms with Crippen LogP contribution in [0.5, 0.6) is 5.75 Å². The minimum atomic E-state index is 0.236. The van der Waals surface area contributed by atoms with E-state index >= 15 is 0 Å². The first-order valence-electron chi connectivity index (χ1n) is 5.87. The van der Waals surface area contributed by atoms with Crippen molar-refractivity contribution in [1.29, 1.82) is 0 Å². The lowest BCUT2D eigenvalue weighted by atomic mass is 10.1. The third-order valence-corrected chi connectivity index (χ3v) is 3.03. The van der Waals surface area contributed by atoms with Gasteiger partial charge in [-0.05, 0) is 24.1 Å². The van der Waals surface area contributed by atoms with E-state index in [1.54, 1.807) is 18.2 Å². The van der Waals surface area contributed by atoms with Crippen LogP contribution >= 0.6 is 12.2 Å². The Labute approximate surface area is 112 Å². The molecular formula is C15H15NOS. The molecule has 2 aromatic rings. The van der Waals surface area contributed by atoms with Gasteiger partial charge in [0.1, 0.15) is 10.7 Å². The smallest absolute Gasteiger partial charge is 0.116 e. The summed E-state index contributed by atoms with van der Waals surface area (Å²) in [6.07, 6.45) is 0.930. The molecule has 2 N–H and O–H groups in total. The molecule has 92 valence electrons. The number of phenols is 1. The van der Waals surface area contributed by atoms with E-state index in [0.29, 0.717) is 4.99 Å². The molecule has 0 unspecified atom stereocenters. The summed E-state index contributed by atoms with van der Waals surface area (Å²) in [5.74, 6) is 0.236. The molecular weight excluding hydrogens is 242 g/mol. The molecule has 0 aromatic heterocycles. The number of hydrogen-bond donors (Lipinski definition) is 2. The first-order chi connectivity index (χ1) is 8.75. The number of aromatic hydroxyl groups is 1. The zero-order valence-corrected chi connectivity index (χ0v) is 10.8. The van der Waals surface area contributed by atoms with Crippen LogP contribution in [0.4, 0.5) is 0 Å². The maximum absolute atomic E-state index is 9.38. The topological polar surface area (TPSA) is 32.3 Å². The summed E-state index contributed by atoms with van der Waals surface area (Å²) in [4.78, 5) is 0.668. The van der Waals surface area contributed by atoms with Gasteiger partial charge in [0.25, 0.3) is 0 Å². The van der Waals surface area contributed by atoms with Crippen molar-refractivity contribution in [2.75, 3.05) is 6.54 Å². The summed E-state index contributed by atoms with van der Waals surface area (Å²) in [5.41, 5.74) is 2.13. The normalized spacial score (nSPS) is 10.0. The van der Waals surface area contributed by atoms with Gasteiger partial charge in [-0.25, -0.2) is 0 Å². The number of nitrogens with one attached hydrogen (secondary N) is 1. The van der Waals surface area contributed by atoms with Crippen LogP contribution in [0.3, 0.4) is 0 Å². The molecule has 0 spiro atoms. The van der Waals surface area contributed by atoms with E-state index in [4.69, 9.17) is 12.2 Å². The van der Waals surface area contributed by atoms with Gasteiger partial charge in [0.05, 0.1) is 0 Å². The van der Waals surface area contributed by atoms with Gasteiger partial charge in [0.2, 0.25) is 0 Å². The van der Waals surface area contributed by atoms with Crippen molar-refractivity contribution < 1.29 is 5.11 Å². The quantitative estimate of drug-likeness (QED) is 0.826. The summed E-state index contributed by atoms with van der Waals surface area (Å²) in [6.45, 7) is 0.790. The van der Waals surface area contributed by atoms with Crippen LogP contribution in [-0.4, -0.2) is 16.6 Å². The molecule has 0 aliphatic heterocycles.